The molecular weight excluding hydrogens is 254 g/mol. The number of nitrogens with zero attached hydrogens (tertiary/aromatic N) is 1. The van der Waals surface area contributed by atoms with Crippen LogP contribution in [0.15, 0.2) is 24.3 Å². The Labute approximate surface area is 119 Å². The van der Waals surface area contributed by atoms with E-state index >= 15 is 0 Å². The third-order valence-corrected chi connectivity index (χ3v) is 3.23. The van der Waals surface area contributed by atoms with E-state index in [2.05, 4.69) is 11.8 Å². The van der Waals surface area contributed by atoms with Crippen molar-refractivity contribution in [1.29, 1.82) is 0 Å². The van der Waals surface area contributed by atoms with Crippen molar-refractivity contribution in [2.24, 2.45) is 0 Å². The number of aliphatic hydroxyl groups excluding tert-OH is 1. The highest BCUT2D eigenvalue weighted by atomic mass is 16.5. The molecule has 20 heavy (non-hydrogen) atoms. The first-order chi connectivity index (χ1) is 9.76. The molecule has 106 valence electrons. The van der Waals surface area contributed by atoms with Gasteiger partial charge in [-0.25, -0.2) is 0 Å². The summed E-state index contributed by atoms with van der Waals surface area (Å²) in [4.78, 5) is 14.3. The fraction of sp³-hybridized carbons (Fsp3) is 0.438. The Morgan fingerprint density at radius 2 is 2.10 bits per heavy atom. The zero-order chi connectivity index (χ0) is 14.4. The number of benzene rings is 1. The molecular formula is C16H19NO3. The molecule has 0 radical (unpaired) electrons. The summed E-state index contributed by atoms with van der Waals surface area (Å²) < 4.78 is 5.06. The molecule has 1 amide bonds. The minimum absolute atomic E-state index is 0.0474. The second-order valence-electron chi connectivity index (χ2n) is 4.76. The molecule has 1 N–H and O–H groups in total. The second kappa shape index (κ2) is 7.09. The van der Waals surface area contributed by atoms with Gasteiger partial charge >= 0.3 is 0 Å². The smallest absolute Gasteiger partial charge is 0.254 e. The summed E-state index contributed by atoms with van der Waals surface area (Å²) in [5.41, 5.74) is 1.47. The average molecular weight is 273 g/mol. The molecule has 1 aliphatic rings. The van der Waals surface area contributed by atoms with Gasteiger partial charge in [0.2, 0.25) is 0 Å². The number of carbonyl (C=O) groups excluding carboxylic acids is 1. The number of hydrogen-bond donors (Lipinski definition) is 1. The Balaban J connectivity index is 2.06. The highest BCUT2D eigenvalue weighted by Gasteiger charge is 2.32. The number of ether oxygens (including phenoxy) is 1. The fourth-order valence-corrected chi connectivity index (χ4v) is 2.03. The minimum atomic E-state index is -0.160. The molecule has 0 unspecified atom stereocenters. The maximum absolute atomic E-state index is 12.5. The molecule has 1 fully saturated rings. The van der Waals surface area contributed by atoms with Gasteiger partial charge < -0.3 is 14.7 Å². The van der Waals surface area contributed by atoms with Crippen molar-refractivity contribution in [1.82, 2.24) is 4.90 Å². The lowest BCUT2D eigenvalue weighted by atomic mass is 10.1. The van der Waals surface area contributed by atoms with Gasteiger partial charge in [-0.2, -0.15) is 0 Å². The number of carbonyl (C=O) groups is 1. The van der Waals surface area contributed by atoms with Crippen LogP contribution in [-0.4, -0.2) is 48.8 Å². The maximum Gasteiger partial charge on any atom is 0.254 e. The number of amides is 1. The predicted octanol–water partition coefficient (Wildman–Crippen LogP) is 1.28. The van der Waals surface area contributed by atoms with Crippen molar-refractivity contribution in [2.45, 2.75) is 18.9 Å². The highest BCUT2D eigenvalue weighted by molar-refractivity contribution is 5.94. The Bertz CT molecular complexity index is 509. The Hall–Kier alpha value is -1.83. The summed E-state index contributed by atoms with van der Waals surface area (Å²) in [5, 5.41) is 8.65. The first-order valence-corrected chi connectivity index (χ1v) is 6.76. The molecule has 4 nitrogen and oxygen atoms in total. The van der Waals surface area contributed by atoms with E-state index in [4.69, 9.17) is 9.84 Å². The molecule has 4 heteroatoms. The molecule has 0 bridgehead atoms. The lowest BCUT2D eigenvalue weighted by Crippen LogP contribution is -2.35. The lowest BCUT2D eigenvalue weighted by molar-refractivity contribution is 0.0680. The monoisotopic (exact) mass is 273 g/mol. The van der Waals surface area contributed by atoms with E-state index in [1.807, 2.05) is 4.90 Å². The van der Waals surface area contributed by atoms with E-state index in [0.29, 0.717) is 24.8 Å². The quantitative estimate of drug-likeness (QED) is 0.822. The lowest BCUT2D eigenvalue weighted by Gasteiger charge is -2.22. The second-order valence-corrected chi connectivity index (χ2v) is 4.76. The van der Waals surface area contributed by atoms with Crippen molar-refractivity contribution < 1.29 is 14.6 Å². The van der Waals surface area contributed by atoms with Gasteiger partial charge in [-0.1, -0.05) is 11.8 Å². The standard InChI is InChI=1S/C16H19NO3/c1-20-12-10-17(15-8-9-15)16(19)14-6-4-13(5-7-14)3-2-11-18/h4-7,15,18H,8-12H2,1H3. The largest absolute Gasteiger partial charge is 0.384 e. The topological polar surface area (TPSA) is 49.8 Å². The third kappa shape index (κ3) is 3.83. The van der Waals surface area contributed by atoms with Gasteiger partial charge in [0.05, 0.1) is 6.61 Å². The molecule has 0 spiro atoms. The van der Waals surface area contributed by atoms with Crippen LogP contribution < -0.4 is 0 Å². The SMILES string of the molecule is COCCN(C(=O)c1ccc(C#CCO)cc1)C1CC1. The van der Waals surface area contributed by atoms with Crippen LogP contribution in [-0.2, 0) is 4.74 Å². The van der Waals surface area contributed by atoms with E-state index < -0.39 is 0 Å². The van der Waals surface area contributed by atoms with Gasteiger partial charge in [0.1, 0.15) is 6.61 Å². The summed E-state index contributed by atoms with van der Waals surface area (Å²) >= 11 is 0. The molecule has 2 rings (SSSR count). The van der Waals surface area contributed by atoms with Crippen molar-refractivity contribution in [2.75, 3.05) is 26.9 Å². The van der Waals surface area contributed by atoms with Crippen LogP contribution in [0.2, 0.25) is 0 Å². The molecule has 0 atom stereocenters. The van der Waals surface area contributed by atoms with E-state index in [1.54, 1.807) is 31.4 Å². The third-order valence-electron chi connectivity index (χ3n) is 3.23. The first-order valence-electron chi connectivity index (χ1n) is 6.76. The summed E-state index contributed by atoms with van der Waals surface area (Å²) in [6, 6.07) is 7.54. The van der Waals surface area contributed by atoms with E-state index in [0.717, 1.165) is 18.4 Å². The van der Waals surface area contributed by atoms with E-state index in [9.17, 15) is 4.79 Å². The predicted molar refractivity (Wildman–Crippen MR) is 76.3 cm³/mol. The van der Waals surface area contributed by atoms with Gasteiger partial charge in [0, 0.05) is 30.8 Å². The van der Waals surface area contributed by atoms with Crippen LogP contribution >= 0.6 is 0 Å². The molecule has 0 aliphatic heterocycles. The first kappa shape index (κ1) is 14.6. The average Bonchev–Trinajstić information content (AvgIpc) is 3.30. The summed E-state index contributed by atoms with van der Waals surface area (Å²) in [6.45, 7) is 1.03. The van der Waals surface area contributed by atoms with Gasteiger partial charge in [-0.3, -0.25) is 4.79 Å². The van der Waals surface area contributed by atoms with Crippen LogP contribution in [0.1, 0.15) is 28.8 Å². The maximum atomic E-state index is 12.5. The van der Waals surface area contributed by atoms with Gasteiger partial charge in [-0.15, -0.1) is 0 Å². The van der Waals surface area contributed by atoms with E-state index in [-0.39, 0.29) is 12.5 Å². The molecule has 1 saturated carbocycles. The number of rotatable bonds is 5. The number of hydrogen-bond acceptors (Lipinski definition) is 3. The molecule has 0 aromatic heterocycles. The molecule has 1 aliphatic carbocycles. The molecule has 1 aromatic carbocycles. The normalized spacial score (nSPS) is 13.5. The van der Waals surface area contributed by atoms with Crippen LogP contribution in [0.25, 0.3) is 0 Å². The van der Waals surface area contributed by atoms with Crippen LogP contribution in [0, 0.1) is 11.8 Å². The van der Waals surface area contributed by atoms with Gasteiger partial charge in [0.25, 0.3) is 5.91 Å². The van der Waals surface area contributed by atoms with Crippen LogP contribution in [0.4, 0.5) is 0 Å². The zero-order valence-corrected chi connectivity index (χ0v) is 11.6. The Kier molecular flexibility index (Phi) is 5.16. The highest BCUT2D eigenvalue weighted by Crippen LogP contribution is 2.28. The van der Waals surface area contributed by atoms with Crippen molar-refractivity contribution in [3.63, 3.8) is 0 Å². The molecule has 0 saturated heterocycles. The number of methoxy groups -OCH3 is 1. The van der Waals surface area contributed by atoms with Crippen molar-refractivity contribution in [3.05, 3.63) is 35.4 Å². The summed E-state index contributed by atoms with van der Waals surface area (Å²) in [6.07, 6.45) is 2.16. The van der Waals surface area contributed by atoms with Crippen LogP contribution in [0.3, 0.4) is 0 Å². The molecule has 1 aromatic rings. The van der Waals surface area contributed by atoms with Gasteiger partial charge in [0.15, 0.2) is 0 Å². The Morgan fingerprint density at radius 3 is 2.65 bits per heavy atom. The number of aliphatic hydroxyl groups is 1. The fourth-order valence-electron chi connectivity index (χ4n) is 2.03. The minimum Gasteiger partial charge on any atom is -0.384 e. The van der Waals surface area contributed by atoms with Crippen molar-refractivity contribution >= 4 is 5.91 Å². The van der Waals surface area contributed by atoms with Crippen molar-refractivity contribution in [3.8, 4) is 11.8 Å². The summed E-state index contributed by atoms with van der Waals surface area (Å²) in [5.74, 6) is 5.45. The Morgan fingerprint density at radius 1 is 1.40 bits per heavy atom. The van der Waals surface area contributed by atoms with E-state index in [1.165, 1.54) is 0 Å². The van der Waals surface area contributed by atoms with Crippen LogP contribution in [0.5, 0.6) is 0 Å². The summed E-state index contributed by atoms with van der Waals surface area (Å²) in [7, 11) is 1.64. The molecule has 0 heterocycles. The van der Waals surface area contributed by atoms with Gasteiger partial charge in [-0.05, 0) is 37.1 Å². The zero-order valence-electron chi connectivity index (χ0n) is 11.6.